The first-order valence-electron chi connectivity index (χ1n) is 6.31. The van der Waals surface area contributed by atoms with E-state index >= 15 is 0 Å². The van der Waals surface area contributed by atoms with Crippen LogP contribution in [0.2, 0.25) is 5.02 Å². The number of aryl methyl sites for hydroxylation is 1. The fourth-order valence-corrected chi connectivity index (χ4v) is 1.93. The summed E-state index contributed by atoms with van der Waals surface area (Å²) in [6, 6.07) is 6.44. The van der Waals surface area contributed by atoms with Crippen molar-refractivity contribution in [2.45, 2.75) is 26.4 Å². The molecule has 0 aliphatic carbocycles. The van der Waals surface area contributed by atoms with E-state index in [2.05, 4.69) is 30.5 Å². The second-order valence-electron chi connectivity index (χ2n) is 4.55. The zero-order valence-electron chi connectivity index (χ0n) is 11.4. The molecule has 3 nitrogen and oxygen atoms in total. The van der Waals surface area contributed by atoms with Gasteiger partial charge in [0.1, 0.15) is 0 Å². The number of hydrogen-bond donors (Lipinski definition) is 2. The number of nitrogens with one attached hydrogen (secondary N) is 2. The van der Waals surface area contributed by atoms with Crippen LogP contribution in [0.15, 0.2) is 18.2 Å². The third-order valence-electron chi connectivity index (χ3n) is 2.88. The molecule has 0 aliphatic rings. The van der Waals surface area contributed by atoms with Gasteiger partial charge in [0.25, 0.3) is 0 Å². The van der Waals surface area contributed by atoms with Gasteiger partial charge in [0.2, 0.25) is 0 Å². The van der Waals surface area contributed by atoms with Gasteiger partial charge in [0.15, 0.2) is 0 Å². The van der Waals surface area contributed by atoms with Crippen LogP contribution in [0.25, 0.3) is 0 Å². The summed E-state index contributed by atoms with van der Waals surface area (Å²) < 4.78 is 4.98. The molecule has 0 aromatic heterocycles. The molecule has 0 bridgehead atoms. The Morgan fingerprint density at radius 3 is 2.83 bits per heavy atom. The maximum atomic E-state index is 5.94. The van der Waals surface area contributed by atoms with Gasteiger partial charge in [-0.15, -0.1) is 0 Å². The van der Waals surface area contributed by atoms with E-state index in [-0.39, 0.29) is 0 Å². The molecule has 0 aliphatic heterocycles. The van der Waals surface area contributed by atoms with Crippen LogP contribution in [0, 0.1) is 6.92 Å². The Morgan fingerprint density at radius 2 is 2.17 bits per heavy atom. The van der Waals surface area contributed by atoms with Gasteiger partial charge < -0.3 is 15.4 Å². The first-order valence-corrected chi connectivity index (χ1v) is 6.69. The summed E-state index contributed by atoms with van der Waals surface area (Å²) in [6.45, 7) is 7.72. The van der Waals surface area contributed by atoms with Gasteiger partial charge in [-0.3, -0.25) is 0 Å². The van der Waals surface area contributed by atoms with Crippen LogP contribution in [-0.2, 0) is 11.3 Å². The lowest BCUT2D eigenvalue weighted by molar-refractivity contribution is 0.198. The van der Waals surface area contributed by atoms with Gasteiger partial charge >= 0.3 is 0 Å². The molecule has 4 heteroatoms. The summed E-state index contributed by atoms with van der Waals surface area (Å²) in [6.07, 6.45) is 0. The van der Waals surface area contributed by atoms with E-state index in [1.54, 1.807) is 7.11 Å². The Bertz CT molecular complexity index is 358. The molecule has 102 valence electrons. The van der Waals surface area contributed by atoms with Gasteiger partial charge in [-0.05, 0) is 37.1 Å². The molecule has 0 radical (unpaired) electrons. The first-order chi connectivity index (χ1) is 8.63. The number of methoxy groups -OCH3 is 1. The highest BCUT2D eigenvalue weighted by Gasteiger charge is 2.03. The fourth-order valence-electron chi connectivity index (χ4n) is 1.71. The molecule has 1 aromatic carbocycles. The molecule has 0 saturated carbocycles. The summed E-state index contributed by atoms with van der Waals surface area (Å²) >= 11 is 5.94. The van der Waals surface area contributed by atoms with Crippen LogP contribution in [0.3, 0.4) is 0 Å². The van der Waals surface area contributed by atoms with Crippen molar-refractivity contribution < 1.29 is 4.74 Å². The molecule has 0 fully saturated rings. The minimum atomic E-state index is 0.428. The van der Waals surface area contributed by atoms with E-state index in [1.807, 2.05) is 12.1 Å². The van der Waals surface area contributed by atoms with Crippen molar-refractivity contribution in [3.63, 3.8) is 0 Å². The van der Waals surface area contributed by atoms with E-state index in [9.17, 15) is 0 Å². The van der Waals surface area contributed by atoms with Gasteiger partial charge in [0.05, 0.1) is 6.61 Å². The summed E-state index contributed by atoms with van der Waals surface area (Å²) in [5, 5.41) is 7.62. The summed E-state index contributed by atoms with van der Waals surface area (Å²) in [5.41, 5.74) is 2.53. The van der Waals surface area contributed by atoms with Gasteiger partial charge in [0, 0.05) is 37.8 Å². The number of ether oxygens (including phenoxy) is 1. The number of benzene rings is 1. The molecule has 1 atom stereocenters. The standard InChI is InChI=1S/C14H23ClN2O/c1-11-8-14(15)5-4-13(11)10-17-12(2)9-16-6-7-18-3/h4-5,8,12,16-17H,6-7,9-10H2,1-3H3. The minimum absolute atomic E-state index is 0.428. The predicted molar refractivity (Wildman–Crippen MR) is 77.2 cm³/mol. The van der Waals surface area contributed by atoms with Crippen molar-refractivity contribution in [2.24, 2.45) is 0 Å². The van der Waals surface area contributed by atoms with E-state index < -0.39 is 0 Å². The highest BCUT2D eigenvalue weighted by Crippen LogP contribution is 2.14. The molecule has 1 aromatic rings. The molecule has 0 spiro atoms. The molecule has 0 heterocycles. The third-order valence-corrected chi connectivity index (χ3v) is 3.11. The molecule has 18 heavy (non-hydrogen) atoms. The normalized spacial score (nSPS) is 12.7. The lowest BCUT2D eigenvalue weighted by Gasteiger charge is -2.15. The number of rotatable bonds is 8. The molecular formula is C14H23ClN2O. The number of halogens is 1. The fraction of sp³-hybridized carbons (Fsp3) is 0.571. The van der Waals surface area contributed by atoms with Crippen LogP contribution >= 0.6 is 11.6 Å². The Labute approximate surface area is 115 Å². The highest BCUT2D eigenvalue weighted by atomic mass is 35.5. The molecule has 0 saturated heterocycles. The zero-order chi connectivity index (χ0) is 13.4. The molecule has 1 rings (SSSR count). The van der Waals surface area contributed by atoms with Crippen LogP contribution in [-0.4, -0.2) is 32.8 Å². The Hall–Kier alpha value is -0.610. The topological polar surface area (TPSA) is 33.3 Å². The Kier molecular flexibility index (Phi) is 7.28. The largest absolute Gasteiger partial charge is 0.383 e. The Balaban J connectivity index is 2.27. The van der Waals surface area contributed by atoms with Crippen LogP contribution in [0.5, 0.6) is 0 Å². The maximum Gasteiger partial charge on any atom is 0.0587 e. The van der Waals surface area contributed by atoms with E-state index in [4.69, 9.17) is 16.3 Å². The minimum Gasteiger partial charge on any atom is -0.383 e. The van der Waals surface area contributed by atoms with Crippen molar-refractivity contribution >= 4 is 11.6 Å². The SMILES string of the molecule is COCCNCC(C)NCc1ccc(Cl)cc1C. The second-order valence-corrected chi connectivity index (χ2v) is 4.99. The van der Waals surface area contributed by atoms with Crippen molar-refractivity contribution in [2.75, 3.05) is 26.8 Å². The van der Waals surface area contributed by atoms with Gasteiger partial charge in [-0.25, -0.2) is 0 Å². The van der Waals surface area contributed by atoms with Crippen molar-refractivity contribution in [3.05, 3.63) is 34.3 Å². The van der Waals surface area contributed by atoms with Crippen LogP contribution < -0.4 is 10.6 Å². The lowest BCUT2D eigenvalue weighted by Crippen LogP contribution is -2.37. The quantitative estimate of drug-likeness (QED) is 0.712. The van der Waals surface area contributed by atoms with Crippen molar-refractivity contribution in [1.82, 2.24) is 10.6 Å². The summed E-state index contributed by atoms with van der Waals surface area (Å²) in [5.74, 6) is 0. The first kappa shape index (κ1) is 15.4. The molecular weight excluding hydrogens is 248 g/mol. The van der Waals surface area contributed by atoms with Gasteiger partial charge in [-0.2, -0.15) is 0 Å². The summed E-state index contributed by atoms with van der Waals surface area (Å²) in [4.78, 5) is 0. The summed E-state index contributed by atoms with van der Waals surface area (Å²) in [7, 11) is 1.71. The second kappa shape index (κ2) is 8.48. The van der Waals surface area contributed by atoms with E-state index in [0.717, 1.165) is 31.3 Å². The molecule has 0 amide bonds. The Morgan fingerprint density at radius 1 is 1.39 bits per heavy atom. The molecule has 1 unspecified atom stereocenters. The van der Waals surface area contributed by atoms with E-state index in [0.29, 0.717) is 6.04 Å². The third kappa shape index (κ3) is 5.83. The predicted octanol–water partition coefficient (Wildman–Crippen LogP) is 2.36. The maximum absolute atomic E-state index is 5.94. The monoisotopic (exact) mass is 270 g/mol. The smallest absolute Gasteiger partial charge is 0.0587 e. The van der Waals surface area contributed by atoms with E-state index in [1.165, 1.54) is 11.1 Å². The van der Waals surface area contributed by atoms with Crippen LogP contribution in [0.1, 0.15) is 18.1 Å². The molecule has 2 N–H and O–H groups in total. The van der Waals surface area contributed by atoms with Crippen LogP contribution in [0.4, 0.5) is 0 Å². The zero-order valence-corrected chi connectivity index (χ0v) is 12.2. The van der Waals surface area contributed by atoms with Gasteiger partial charge in [-0.1, -0.05) is 17.7 Å². The average molecular weight is 271 g/mol. The highest BCUT2D eigenvalue weighted by molar-refractivity contribution is 6.30. The van der Waals surface area contributed by atoms with Crippen molar-refractivity contribution in [1.29, 1.82) is 0 Å². The average Bonchev–Trinajstić information content (AvgIpc) is 2.33. The lowest BCUT2D eigenvalue weighted by atomic mass is 10.1. The van der Waals surface area contributed by atoms with Crippen molar-refractivity contribution in [3.8, 4) is 0 Å². The number of hydrogen-bond acceptors (Lipinski definition) is 3.